The normalized spacial score (nSPS) is 12.6. The van der Waals surface area contributed by atoms with E-state index in [1.54, 1.807) is 12.1 Å². The molecule has 0 heterocycles. The molecule has 9 heteroatoms. The van der Waals surface area contributed by atoms with Crippen molar-refractivity contribution < 1.29 is 31.8 Å². The van der Waals surface area contributed by atoms with Crippen LogP contribution in [0.25, 0.3) is 0 Å². The van der Waals surface area contributed by atoms with Crippen LogP contribution in [0.4, 0.5) is 22.0 Å². The zero-order valence-electron chi connectivity index (χ0n) is 13.8. The number of benzene rings is 3. The van der Waals surface area contributed by atoms with Gasteiger partial charge in [0.15, 0.2) is 14.7 Å². The fourth-order valence-electron chi connectivity index (χ4n) is 2.45. The SMILES string of the molecule is Oc1ccc([S+](c2ccc(OC(F)(F)F)cc2)c2cc(F)cc(F)c2)cc1I. The number of ether oxygens (including phenoxy) is 1. The van der Waals surface area contributed by atoms with E-state index in [0.29, 0.717) is 18.3 Å². The number of hydrogen-bond acceptors (Lipinski definition) is 2. The minimum Gasteiger partial charge on any atom is -0.507 e. The molecule has 0 aliphatic heterocycles. The molecule has 0 bridgehead atoms. The fourth-order valence-corrected chi connectivity index (χ4v) is 5.30. The van der Waals surface area contributed by atoms with E-state index >= 15 is 0 Å². The topological polar surface area (TPSA) is 29.5 Å². The molecule has 0 amide bonds. The van der Waals surface area contributed by atoms with Crippen LogP contribution in [0.5, 0.6) is 11.5 Å². The standard InChI is InChI=1S/C19H10F5IO2S/c20-11-7-12(21)9-16(8-11)28(15-5-6-18(26)17(25)10-15)14-3-1-13(2-4-14)27-19(22,23)24/h1-10H/p+1. The first-order chi connectivity index (χ1) is 13.1. The molecule has 3 aromatic carbocycles. The van der Waals surface area contributed by atoms with Crippen molar-refractivity contribution >= 4 is 33.5 Å². The van der Waals surface area contributed by atoms with Crippen molar-refractivity contribution in [3.05, 3.63) is 75.9 Å². The molecular weight excluding hydrogens is 514 g/mol. The van der Waals surface area contributed by atoms with Gasteiger partial charge in [-0.3, -0.25) is 0 Å². The lowest BCUT2D eigenvalue weighted by atomic mass is 10.3. The second-order valence-electron chi connectivity index (χ2n) is 5.54. The van der Waals surface area contributed by atoms with E-state index in [4.69, 9.17) is 0 Å². The van der Waals surface area contributed by atoms with E-state index in [1.807, 2.05) is 22.6 Å². The summed E-state index contributed by atoms with van der Waals surface area (Å²) in [7, 11) is -1.02. The third-order valence-electron chi connectivity index (χ3n) is 3.52. The Morgan fingerprint density at radius 2 is 1.36 bits per heavy atom. The van der Waals surface area contributed by atoms with Gasteiger partial charge in [-0.05, 0) is 59.0 Å². The Kier molecular flexibility index (Phi) is 6.04. The Labute approximate surface area is 173 Å². The van der Waals surface area contributed by atoms with Gasteiger partial charge in [-0.1, -0.05) is 0 Å². The maximum absolute atomic E-state index is 13.8. The van der Waals surface area contributed by atoms with Gasteiger partial charge >= 0.3 is 6.36 Å². The summed E-state index contributed by atoms with van der Waals surface area (Å²) < 4.78 is 69.1. The minimum atomic E-state index is -4.82. The third kappa shape index (κ3) is 5.07. The van der Waals surface area contributed by atoms with Crippen molar-refractivity contribution in [1.29, 1.82) is 0 Å². The molecule has 28 heavy (non-hydrogen) atoms. The van der Waals surface area contributed by atoms with E-state index in [0.717, 1.165) is 18.2 Å². The molecule has 0 saturated heterocycles. The number of alkyl halides is 3. The Bertz CT molecular complexity index is 972. The van der Waals surface area contributed by atoms with Crippen LogP contribution >= 0.6 is 22.6 Å². The molecule has 0 aromatic heterocycles. The van der Waals surface area contributed by atoms with Crippen LogP contribution in [-0.2, 0) is 10.9 Å². The molecule has 2 nitrogen and oxygen atoms in total. The highest BCUT2D eigenvalue weighted by atomic mass is 127. The average molecular weight is 525 g/mol. The van der Waals surface area contributed by atoms with Crippen molar-refractivity contribution in [3.8, 4) is 11.5 Å². The van der Waals surface area contributed by atoms with Crippen molar-refractivity contribution in [1.82, 2.24) is 0 Å². The molecule has 0 aliphatic rings. The van der Waals surface area contributed by atoms with Crippen molar-refractivity contribution in [2.45, 2.75) is 21.0 Å². The van der Waals surface area contributed by atoms with Crippen molar-refractivity contribution in [2.24, 2.45) is 0 Å². The van der Waals surface area contributed by atoms with Crippen LogP contribution in [0, 0.1) is 15.2 Å². The molecule has 3 aromatic rings. The van der Waals surface area contributed by atoms with E-state index in [1.165, 1.54) is 30.3 Å². The Morgan fingerprint density at radius 3 is 1.89 bits per heavy atom. The quantitative estimate of drug-likeness (QED) is 0.247. The second-order valence-corrected chi connectivity index (χ2v) is 8.73. The third-order valence-corrected chi connectivity index (χ3v) is 6.56. The second kappa shape index (κ2) is 8.16. The first kappa shape index (κ1) is 20.7. The number of halogens is 6. The maximum Gasteiger partial charge on any atom is 0.573 e. The molecule has 0 spiro atoms. The Balaban J connectivity index is 2.09. The van der Waals surface area contributed by atoms with Gasteiger partial charge in [0.05, 0.1) is 14.5 Å². The van der Waals surface area contributed by atoms with E-state index in [-0.39, 0.29) is 5.75 Å². The van der Waals surface area contributed by atoms with Crippen LogP contribution in [0.2, 0.25) is 0 Å². The zero-order chi connectivity index (χ0) is 20.5. The van der Waals surface area contributed by atoms with Gasteiger partial charge in [0.25, 0.3) is 0 Å². The highest BCUT2D eigenvalue weighted by Crippen LogP contribution is 2.35. The van der Waals surface area contributed by atoms with Crippen LogP contribution < -0.4 is 4.74 Å². The van der Waals surface area contributed by atoms with Gasteiger partial charge in [-0.25, -0.2) is 8.78 Å². The largest absolute Gasteiger partial charge is 0.573 e. The summed E-state index contributed by atoms with van der Waals surface area (Å²) in [6.45, 7) is 0. The molecule has 0 aliphatic carbocycles. The summed E-state index contributed by atoms with van der Waals surface area (Å²) in [5.74, 6) is -1.88. The lowest BCUT2D eigenvalue weighted by Gasteiger charge is -2.11. The maximum atomic E-state index is 13.8. The molecule has 0 radical (unpaired) electrons. The summed E-state index contributed by atoms with van der Waals surface area (Å²) in [6.07, 6.45) is -4.82. The average Bonchev–Trinajstić information content (AvgIpc) is 2.58. The van der Waals surface area contributed by atoms with Gasteiger partial charge in [-0.2, -0.15) is 0 Å². The summed E-state index contributed by atoms with van der Waals surface area (Å²) in [6, 6.07) is 12.9. The van der Waals surface area contributed by atoms with Gasteiger partial charge in [0.2, 0.25) is 0 Å². The molecule has 0 fully saturated rings. The molecule has 3 rings (SSSR count). The zero-order valence-corrected chi connectivity index (χ0v) is 16.8. The van der Waals surface area contributed by atoms with Crippen LogP contribution in [-0.4, -0.2) is 11.5 Å². The number of phenols is 1. The summed E-state index contributed by atoms with van der Waals surface area (Å²) in [4.78, 5) is 1.47. The van der Waals surface area contributed by atoms with E-state index < -0.39 is 34.6 Å². The molecular formula is C19H11F5IO2S+. The first-order valence-electron chi connectivity index (χ1n) is 7.67. The van der Waals surface area contributed by atoms with Crippen molar-refractivity contribution in [2.75, 3.05) is 0 Å². The Morgan fingerprint density at radius 1 is 0.786 bits per heavy atom. The first-order valence-corrected chi connectivity index (χ1v) is 9.97. The summed E-state index contributed by atoms with van der Waals surface area (Å²) in [5.41, 5.74) is 0. The van der Waals surface area contributed by atoms with E-state index in [2.05, 4.69) is 4.74 Å². The lowest BCUT2D eigenvalue weighted by molar-refractivity contribution is -0.274. The fraction of sp³-hybridized carbons (Fsp3) is 0.0526. The summed E-state index contributed by atoms with van der Waals surface area (Å²) in [5, 5.41) is 9.75. The van der Waals surface area contributed by atoms with E-state index in [9.17, 15) is 27.1 Å². The molecule has 1 atom stereocenters. The molecule has 146 valence electrons. The molecule has 1 unspecified atom stereocenters. The lowest BCUT2D eigenvalue weighted by Crippen LogP contribution is -2.17. The number of phenolic OH excluding ortho intramolecular Hbond substituents is 1. The van der Waals surface area contributed by atoms with Crippen molar-refractivity contribution in [3.63, 3.8) is 0 Å². The van der Waals surface area contributed by atoms with Gasteiger partial charge < -0.3 is 9.84 Å². The van der Waals surface area contributed by atoms with Gasteiger partial charge in [-0.15, -0.1) is 13.2 Å². The monoisotopic (exact) mass is 525 g/mol. The minimum absolute atomic E-state index is 0.0484. The highest BCUT2D eigenvalue weighted by molar-refractivity contribution is 14.1. The predicted octanol–water partition coefficient (Wildman–Crippen LogP) is 6.27. The predicted molar refractivity (Wildman–Crippen MR) is 102 cm³/mol. The van der Waals surface area contributed by atoms with Crippen LogP contribution in [0.15, 0.2) is 75.4 Å². The van der Waals surface area contributed by atoms with Crippen LogP contribution in [0.1, 0.15) is 0 Å². The summed E-state index contributed by atoms with van der Waals surface area (Å²) >= 11 is 1.92. The Hall–Kier alpha value is -2.01. The number of rotatable bonds is 4. The highest BCUT2D eigenvalue weighted by Gasteiger charge is 2.33. The van der Waals surface area contributed by atoms with Gasteiger partial charge in [0.1, 0.15) is 23.1 Å². The molecule has 1 N–H and O–H groups in total. The van der Waals surface area contributed by atoms with Crippen LogP contribution in [0.3, 0.4) is 0 Å². The smallest absolute Gasteiger partial charge is 0.507 e. The number of hydrogen-bond donors (Lipinski definition) is 1. The van der Waals surface area contributed by atoms with Gasteiger partial charge in [0, 0.05) is 24.3 Å². The molecule has 0 saturated carbocycles. The number of aromatic hydroxyl groups is 1.